The largest absolute Gasteiger partial charge is 0.321 e. The number of nitrogens with one attached hydrogen (secondary N) is 1. The lowest BCUT2D eigenvalue weighted by Gasteiger charge is -2.48. The Labute approximate surface area is 162 Å². The number of carbonyl (C=O) groups is 2. The molecule has 28 heavy (non-hydrogen) atoms. The van der Waals surface area contributed by atoms with E-state index in [0.717, 1.165) is 28.9 Å². The second-order valence-electron chi connectivity index (χ2n) is 7.74. The zero-order chi connectivity index (χ0) is 18.9. The summed E-state index contributed by atoms with van der Waals surface area (Å²) < 4.78 is 0. The molecular weight excluding hydrogens is 348 g/mol. The Morgan fingerprint density at radius 2 is 1.46 bits per heavy atom. The van der Waals surface area contributed by atoms with Gasteiger partial charge in [0.2, 0.25) is 5.78 Å². The van der Waals surface area contributed by atoms with Gasteiger partial charge in [0.25, 0.3) is 5.91 Å². The number of nitrogens with zero attached hydrogens (tertiary/aromatic N) is 1. The highest BCUT2D eigenvalue weighted by Gasteiger charge is 2.74. The van der Waals surface area contributed by atoms with Crippen LogP contribution in [0.2, 0.25) is 0 Å². The van der Waals surface area contributed by atoms with Gasteiger partial charge in [-0.2, -0.15) is 0 Å². The van der Waals surface area contributed by atoms with Gasteiger partial charge < -0.3 is 10.2 Å². The van der Waals surface area contributed by atoms with Gasteiger partial charge in [-0.25, -0.2) is 0 Å². The Balaban J connectivity index is 1.79. The minimum Gasteiger partial charge on any atom is -0.321 e. The van der Waals surface area contributed by atoms with Gasteiger partial charge in [-0.05, 0) is 42.2 Å². The number of Topliss-reactive ketones (excluding diaryl/α,β-unsaturated/α-hetero) is 1. The normalized spacial score (nSPS) is 26.9. The first-order valence-electron chi connectivity index (χ1n) is 9.60. The number of carbonyl (C=O) groups excluding carboxylic acids is 2. The van der Waals surface area contributed by atoms with E-state index in [0.29, 0.717) is 6.42 Å². The maximum absolute atomic E-state index is 13.4. The molecule has 0 saturated carbocycles. The molecule has 0 bridgehead atoms. The van der Waals surface area contributed by atoms with Gasteiger partial charge in [0, 0.05) is 16.9 Å². The van der Waals surface area contributed by atoms with E-state index in [1.54, 1.807) is 0 Å². The lowest BCUT2D eigenvalue weighted by atomic mass is 9.62. The number of para-hydroxylation sites is 2. The third-order valence-corrected chi connectivity index (χ3v) is 6.64. The van der Waals surface area contributed by atoms with E-state index in [2.05, 4.69) is 28.4 Å². The highest BCUT2D eigenvalue weighted by molar-refractivity contribution is 6.43. The summed E-state index contributed by atoms with van der Waals surface area (Å²) in [6, 6.07) is 26.2. The zero-order valence-corrected chi connectivity index (χ0v) is 15.2. The number of amides is 1. The smallest absolute Gasteiger partial charge is 0.290 e. The van der Waals surface area contributed by atoms with Gasteiger partial charge >= 0.3 is 0 Å². The molecule has 6 rings (SSSR count). The molecular formula is C24H18N2O2. The van der Waals surface area contributed by atoms with Crippen LogP contribution in [0.3, 0.4) is 0 Å². The molecule has 0 unspecified atom stereocenters. The average Bonchev–Trinajstić information content (AvgIpc) is 3.14. The summed E-state index contributed by atoms with van der Waals surface area (Å²) in [6.07, 6.45) is 1.39. The molecule has 1 aliphatic carbocycles. The zero-order valence-electron chi connectivity index (χ0n) is 15.2. The fourth-order valence-electron chi connectivity index (χ4n) is 5.63. The monoisotopic (exact) mass is 366 g/mol. The average molecular weight is 366 g/mol. The Morgan fingerprint density at radius 1 is 0.786 bits per heavy atom. The number of hydrogen-bond donors (Lipinski definition) is 1. The van der Waals surface area contributed by atoms with Crippen molar-refractivity contribution >= 4 is 23.1 Å². The molecule has 4 nitrogen and oxygen atoms in total. The van der Waals surface area contributed by atoms with Crippen molar-refractivity contribution in [3.8, 4) is 0 Å². The molecule has 1 amide bonds. The van der Waals surface area contributed by atoms with Crippen molar-refractivity contribution in [2.45, 2.75) is 23.9 Å². The second-order valence-corrected chi connectivity index (χ2v) is 7.74. The predicted molar refractivity (Wildman–Crippen MR) is 106 cm³/mol. The van der Waals surface area contributed by atoms with Crippen molar-refractivity contribution in [3.05, 3.63) is 95.6 Å². The van der Waals surface area contributed by atoms with Crippen molar-refractivity contribution in [1.82, 2.24) is 5.32 Å². The number of rotatable bonds is 1. The SMILES string of the molecule is O=C1N[C@]23c4ccccc4CC[C@]2(C1=O)c1ccccc1N3c1ccccc1. The molecule has 1 saturated heterocycles. The molecule has 4 heteroatoms. The number of anilines is 2. The van der Waals surface area contributed by atoms with E-state index >= 15 is 0 Å². The minimum absolute atomic E-state index is 0.326. The van der Waals surface area contributed by atoms with Crippen molar-refractivity contribution in [2.75, 3.05) is 4.90 Å². The molecule has 0 spiro atoms. The Morgan fingerprint density at radius 3 is 2.29 bits per heavy atom. The van der Waals surface area contributed by atoms with Crippen LogP contribution in [-0.4, -0.2) is 11.7 Å². The summed E-state index contributed by atoms with van der Waals surface area (Å²) in [5.74, 6) is -0.819. The number of aryl methyl sites for hydroxylation is 1. The maximum Gasteiger partial charge on any atom is 0.290 e. The fraction of sp³-hybridized carbons (Fsp3) is 0.167. The molecule has 3 aromatic rings. The van der Waals surface area contributed by atoms with E-state index in [1.807, 2.05) is 60.7 Å². The number of fused-ring (bicyclic) bond motifs is 2. The minimum atomic E-state index is -0.930. The Kier molecular flexibility index (Phi) is 2.85. The highest BCUT2D eigenvalue weighted by Crippen LogP contribution is 2.64. The van der Waals surface area contributed by atoms with Gasteiger partial charge in [-0.15, -0.1) is 0 Å². The number of hydrogen-bond acceptors (Lipinski definition) is 3. The third-order valence-electron chi connectivity index (χ3n) is 6.64. The van der Waals surface area contributed by atoms with Gasteiger partial charge in [-0.1, -0.05) is 60.7 Å². The Bertz CT molecular complexity index is 1160. The van der Waals surface area contributed by atoms with Crippen LogP contribution in [0.1, 0.15) is 23.1 Å². The first kappa shape index (κ1) is 15.6. The summed E-state index contributed by atoms with van der Waals surface area (Å²) in [6.45, 7) is 0. The van der Waals surface area contributed by atoms with Crippen LogP contribution in [0.25, 0.3) is 0 Å². The van der Waals surface area contributed by atoms with Crippen molar-refractivity contribution in [3.63, 3.8) is 0 Å². The highest BCUT2D eigenvalue weighted by atomic mass is 16.2. The van der Waals surface area contributed by atoms with Crippen molar-refractivity contribution in [2.24, 2.45) is 0 Å². The summed E-state index contributed by atoms with van der Waals surface area (Å²) >= 11 is 0. The molecule has 136 valence electrons. The molecule has 0 radical (unpaired) electrons. The molecule has 3 aromatic carbocycles. The van der Waals surface area contributed by atoms with Crippen LogP contribution in [0, 0.1) is 0 Å². The fourth-order valence-corrected chi connectivity index (χ4v) is 5.63. The quantitative estimate of drug-likeness (QED) is 0.670. The lowest BCUT2D eigenvalue weighted by molar-refractivity contribution is -0.137. The molecule has 2 heterocycles. The van der Waals surface area contributed by atoms with Gasteiger partial charge in [0.1, 0.15) is 5.41 Å². The summed E-state index contributed by atoms with van der Waals surface area (Å²) in [7, 11) is 0. The van der Waals surface area contributed by atoms with Gasteiger partial charge in [0.15, 0.2) is 5.66 Å². The maximum atomic E-state index is 13.4. The van der Waals surface area contributed by atoms with Crippen molar-refractivity contribution in [1.29, 1.82) is 0 Å². The molecule has 2 atom stereocenters. The third kappa shape index (κ3) is 1.55. The van der Waals surface area contributed by atoms with E-state index in [1.165, 1.54) is 5.56 Å². The van der Waals surface area contributed by atoms with Crippen LogP contribution in [0.15, 0.2) is 78.9 Å². The van der Waals surface area contributed by atoms with E-state index in [9.17, 15) is 9.59 Å². The summed E-state index contributed by atoms with van der Waals surface area (Å²) in [5.41, 5.74) is 3.24. The van der Waals surface area contributed by atoms with Crippen LogP contribution in [0.4, 0.5) is 11.4 Å². The van der Waals surface area contributed by atoms with Gasteiger partial charge in [0.05, 0.1) is 0 Å². The second kappa shape index (κ2) is 5.10. The first-order valence-corrected chi connectivity index (χ1v) is 9.60. The Hall–Kier alpha value is -3.40. The molecule has 1 fully saturated rings. The first-order chi connectivity index (χ1) is 13.7. The van der Waals surface area contributed by atoms with E-state index in [-0.39, 0.29) is 5.78 Å². The summed E-state index contributed by atoms with van der Waals surface area (Å²) in [4.78, 5) is 28.5. The molecule has 3 aliphatic rings. The number of benzene rings is 3. The molecule has 0 aromatic heterocycles. The van der Waals surface area contributed by atoms with Crippen LogP contribution in [-0.2, 0) is 27.1 Å². The molecule has 1 N–H and O–H groups in total. The summed E-state index contributed by atoms with van der Waals surface area (Å²) in [5, 5.41) is 3.16. The molecule has 2 aliphatic heterocycles. The number of ketones is 1. The van der Waals surface area contributed by atoms with Crippen LogP contribution in [0.5, 0.6) is 0 Å². The van der Waals surface area contributed by atoms with Gasteiger partial charge in [-0.3, -0.25) is 9.59 Å². The lowest BCUT2D eigenvalue weighted by Crippen LogP contribution is -2.61. The topological polar surface area (TPSA) is 49.4 Å². The van der Waals surface area contributed by atoms with Crippen LogP contribution < -0.4 is 10.2 Å². The van der Waals surface area contributed by atoms with Crippen LogP contribution >= 0.6 is 0 Å². The van der Waals surface area contributed by atoms with Crippen molar-refractivity contribution < 1.29 is 9.59 Å². The predicted octanol–water partition coefficient (Wildman–Crippen LogP) is 3.57. The standard InChI is InChI=1S/C24H18N2O2/c27-21-22(28)25-24-18-11-5-4-8-16(18)14-15-23(21,24)19-12-6-7-13-20(19)26(24)17-9-2-1-3-10-17/h1-13H,14-15H2,(H,25,28)/t23-,24+/m1/s1. The van der Waals surface area contributed by atoms with E-state index in [4.69, 9.17) is 0 Å². The van der Waals surface area contributed by atoms with E-state index < -0.39 is 17.0 Å².